The van der Waals surface area contributed by atoms with Gasteiger partial charge in [-0.2, -0.15) is 0 Å². The van der Waals surface area contributed by atoms with Crippen LogP contribution in [-0.4, -0.2) is 36.5 Å². The van der Waals surface area contributed by atoms with Crippen molar-refractivity contribution in [3.63, 3.8) is 0 Å². The van der Waals surface area contributed by atoms with E-state index in [1.165, 1.54) is 0 Å². The average molecular weight is 212 g/mol. The second-order valence-electron chi connectivity index (χ2n) is 5.33. The normalized spacial score (nSPS) is 22.9. The Hall–Kier alpha value is -0.570. The third kappa shape index (κ3) is 3.49. The van der Waals surface area contributed by atoms with Crippen LogP contribution in [-0.2, 0) is 4.79 Å². The molecule has 0 aromatic rings. The zero-order valence-electron chi connectivity index (χ0n) is 10.5. The van der Waals surface area contributed by atoms with Crippen molar-refractivity contribution in [1.29, 1.82) is 0 Å². The number of nitrogens with one attached hydrogen (secondary N) is 1. The van der Waals surface area contributed by atoms with Crippen LogP contribution in [0.1, 0.15) is 40.5 Å². The van der Waals surface area contributed by atoms with Gasteiger partial charge in [0.25, 0.3) is 0 Å². The van der Waals surface area contributed by atoms with Crippen molar-refractivity contribution in [2.24, 2.45) is 5.41 Å². The lowest BCUT2D eigenvalue weighted by Crippen LogP contribution is -2.52. The van der Waals surface area contributed by atoms with Crippen molar-refractivity contribution in [2.45, 2.75) is 46.6 Å². The molecule has 0 aliphatic carbocycles. The third-order valence-corrected chi connectivity index (χ3v) is 3.41. The molecule has 1 fully saturated rings. The molecule has 0 aromatic carbocycles. The SMILES string of the molecule is CCC(C)(C)CC(=O)N1CCNC[C@H]1C. The van der Waals surface area contributed by atoms with Gasteiger partial charge in [-0.3, -0.25) is 4.79 Å². The van der Waals surface area contributed by atoms with E-state index in [1.807, 2.05) is 4.90 Å². The molecule has 0 saturated carbocycles. The number of carbonyl (C=O) groups excluding carboxylic acids is 1. The van der Waals surface area contributed by atoms with Gasteiger partial charge >= 0.3 is 0 Å². The zero-order chi connectivity index (χ0) is 11.5. The smallest absolute Gasteiger partial charge is 0.223 e. The third-order valence-electron chi connectivity index (χ3n) is 3.41. The van der Waals surface area contributed by atoms with E-state index >= 15 is 0 Å². The molecule has 3 nitrogen and oxygen atoms in total. The molecule has 0 aromatic heterocycles. The maximum Gasteiger partial charge on any atom is 0.223 e. The molecule has 1 N–H and O–H groups in total. The fourth-order valence-electron chi connectivity index (χ4n) is 1.85. The Kier molecular flexibility index (Phi) is 4.14. The highest BCUT2D eigenvalue weighted by atomic mass is 16.2. The molecule has 3 heteroatoms. The van der Waals surface area contributed by atoms with Crippen LogP contribution in [0.5, 0.6) is 0 Å². The van der Waals surface area contributed by atoms with Gasteiger partial charge in [0.2, 0.25) is 5.91 Å². The molecule has 0 radical (unpaired) electrons. The Labute approximate surface area is 93.2 Å². The summed E-state index contributed by atoms with van der Waals surface area (Å²) in [6.07, 6.45) is 1.73. The molecule has 1 aliphatic rings. The van der Waals surface area contributed by atoms with Gasteiger partial charge < -0.3 is 10.2 Å². The van der Waals surface area contributed by atoms with Crippen LogP contribution >= 0.6 is 0 Å². The molecule has 1 aliphatic heterocycles. The largest absolute Gasteiger partial charge is 0.337 e. The minimum atomic E-state index is 0.141. The highest BCUT2D eigenvalue weighted by Gasteiger charge is 2.27. The summed E-state index contributed by atoms with van der Waals surface area (Å²) in [4.78, 5) is 14.1. The van der Waals surface area contributed by atoms with Crippen LogP contribution in [0.3, 0.4) is 0 Å². The Balaban J connectivity index is 2.52. The summed E-state index contributed by atoms with van der Waals surface area (Å²) >= 11 is 0. The fraction of sp³-hybridized carbons (Fsp3) is 0.917. The second kappa shape index (κ2) is 4.97. The van der Waals surface area contributed by atoms with Crippen molar-refractivity contribution in [3.8, 4) is 0 Å². The summed E-state index contributed by atoms with van der Waals surface area (Å²) in [7, 11) is 0. The van der Waals surface area contributed by atoms with Gasteiger partial charge in [-0.1, -0.05) is 27.2 Å². The number of rotatable bonds is 3. The molecular weight excluding hydrogens is 188 g/mol. The van der Waals surface area contributed by atoms with E-state index in [9.17, 15) is 4.79 Å². The molecule has 1 heterocycles. The van der Waals surface area contributed by atoms with Crippen molar-refractivity contribution >= 4 is 5.91 Å². The molecular formula is C12H24N2O. The first-order valence-corrected chi connectivity index (χ1v) is 5.96. The second-order valence-corrected chi connectivity index (χ2v) is 5.33. The van der Waals surface area contributed by atoms with E-state index in [-0.39, 0.29) is 5.41 Å². The van der Waals surface area contributed by atoms with Gasteiger partial charge in [-0.25, -0.2) is 0 Å². The summed E-state index contributed by atoms with van der Waals surface area (Å²) < 4.78 is 0. The van der Waals surface area contributed by atoms with E-state index in [1.54, 1.807) is 0 Å². The topological polar surface area (TPSA) is 32.3 Å². The number of piperazine rings is 1. The van der Waals surface area contributed by atoms with E-state index in [0.717, 1.165) is 26.1 Å². The molecule has 1 amide bonds. The van der Waals surface area contributed by atoms with Gasteiger partial charge in [-0.15, -0.1) is 0 Å². The van der Waals surface area contributed by atoms with Crippen LogP contribution in [0.2, 0.25) is 0 Å². The van der Waals surface area contributed by atoms with Gasteiger partial charge in [0.1, 0.15) is 0 Å². The fourth-order valence-corrected chi connectivity index (χ4v) is 1.85. The molecule has 0 spiro atoms. The molecule has 88 valence electrons. The van der Waals surface area contributed by atoms with Crippen molar-refractivity contribution in [1.82, 2.24) is 10.2 Å². The number of carbonyl (C=O) groups is 1. The number of amides is 1. The first-order valence-electron chi connectivity index (χ1n) is 5.96. The van der Waals surface area contributed by atoms with Gasteiger partial charge in [0.05, 0.1) is 0 Å². The summed E-state index contributed by atoms with van der Waals surface area (Å²) in [5.74, 6) is 0.316. The van der Waals surface area contributed by atoms with E-state index in [4.69, 9.17) is 0 Å². The highest BCUT2D eigenvalue weighted by molar-refractivity contribution is 5.77. The Morgan fingerprint density at radius 2 is 2.20 bits per heavy atom. The van der Waals surface area contributed by atoms with E-state index < -0.39 is 0 Å². The number of hydrogen-bond acceptors (Lipinski definition) is 2. The predicted octanol–water partition coefficient (Wildman–Crippen LogP) is 1.63. The minimum Gasteiger partial charge on any atom is -0.337 e. The number of hydrogen-bond donors (Lipinski definition) is 1. The molecule has 1 saturated heterocycles. The van der Waals surface area contributed by atoms with Crippen LogP contribution in [0.15, 0.2) is 0 Å². The quantitative estimate of drug-likeness (QED) is 0.771. The first-order chi connectivity index (χ1) is 6.96. The van der Waals surface area contributed by atoms with Crippen LogP contribution in [0, 0.1) is 5.41 Å². The Morgan fingerprint density at radius 3 is 2.73 bits per heavy atom. The standard InChI is InChI=1S/C12H24N2O/c1-5-12(3,4)8-11(15)14-7-6-13-9-10(14)2/h10,13H,5-9H2,1-4H3/t10-/m1/s1. The summed E-state index contributed by atoms with van der Waals surface area (Å²) in [6, 6.07) is 0.346. The lowest BCUT2D eigenvalue weighted by molar-refractivity contribution is -0.136. The van der Waals surface area contributed by atoms with E-state index in [2.05, 4.69) is 33.0 Å². The number of nitrogens with zero attached hydrogens (tertiary/aromatic N) is 1. The highest BCUT2D eigenvalue weighted by Crippen LogP contribution is 2.25. The average Bonchev–Trinajstić information content (AvgIpc) is 2.17. The lowest BCUT2D eigenvalue weighted by atomic mass is 9.86. The van der Waals surface area contributed by atoms with Crippen LogP contribution in [0.4, 0.5) is 0 Å². The molecule has 15 heavy (non-hydrogen) atoms. The minimum absolute atomic E-state index is 0.141. The van der Waals surface area contributed by atoms with Gasteiger partial charge in [0.15, 0.2) is 0 Å². The maximum absolute atomic E-state index is 12.1. The van der Waals surface area contributed by atoms with Crippen LogP contribution < -0.4 is 5.32 Å². The van der Waals surface area contributed by atoms with Crippen molar-refractivity contribution < 1.29 is 4.79 Å². The lowest BCUT2D eigenvalue weighted by Gasteiger charge is -2.36. The molecule has 0 unspecified atom stereocenters. The van der Waals surface area contributed by atoms with Gasteiger partial charge in [-0.05, 0) is 12.3 Å². The van der Waals surface area contributed by atoms with E-state index in [0.29, 0.717) is 18.4 Å². The first kappa shape index (κ1) is 12.5. The zero-order valence-corrected chi connectivity index (χ0v) is 10.5. The predicted molar refractivity (Wildman–Crippen MR) is 62.7 cm³/mol. The molecule has 1 atom stereocenters. The van der Waals surface area contributed by atoms with Crippen LogP contribution in [0.25, 0.3) is 0 Å². The monoisotopic (exact) mass is 212 g/mol. The van der Waals surface area contributed by atoms with Crippen molar-refractivity contribution in [3.05, 3.63) is 0 Å². The Bertz CT molecular complexity index is 226. The van der Waals surface area contributed by atoms with Gasteiger partial charge in [0, 0.05) is 32.1 Å². The summed E-state index contributed by atoms with van der Waals surface area (Å²) in [6.45, 7) is 11.3. The Morgan fingerprint density at radius 1 is 1.53 bits per heavy atom. The van der Waals surface area contributed by atoms with Crippen molar-refractivity contribution in [2.75, 3.05) is 19.6 Å². The summed E-state index contributed by atoms with van der Waals surface area (Å²) in [5, 5.41) is 3.30. The molecule has 1 rings (SSSR count). The molecule has 0 bridgehead atoms. The summed E-state index contributed by atoms with van der Waals surface area (Å²) in [5.41, 5.74) is 0.141. The maximum atomic E-state index is 12.1.